The van der Waals surface area contributed by atoms with Crippen LogP contribution >= 0.6 is 11.6 Å². The second-order valence-corrected chi connectivity index (χ2v) is 9.00. The summed E-state index contributed by atoms with van der Waals surface area (Å²) < 4.78 is 6.19. The Morgan fingerprint density at radius 2 is 2.09 bits per heavy atom. The van der Waals surface area contributed by atoms with Gasteiger partial charge in [-0.2, -0.15) is 5.48 Å². The highest BCUT2D eigenvalue weighted by Gasteiger charge is 2.22. The smallest absolute Gasteiger partial charge is 0.147 e. The SMILES string of the molecule is CCN(CCO)CCOc1ccc(-c2cccc(ONC3CC3)c2)c2c1[nH]c1ncc(Cl)cc12. The number of rotatable bonds is 11. The summed E-state index contributed by atoms with van der Waals surface area (Å²) in [5.41, 5.74) is 6.83. The first-order valence-electron chi connectivity index (χ1n) is 11.7. The fourth-order valence-electron chi connectivity index (χ4n) is 4.13. The minimum Gasteiger partial charge on any atom is -0.490 e. The van der Waals surface area contributed by atoms with Gasteiger partial charge in [-0.25, -0.2) is 4.98 Å². The molecule has 7 nitrogen and oxygen atoms in total. The van der Waals surface area contributed by atoms with Crippen molar-refractivity contribution in [3.63, 3.8) is 0 Å². The predicted octanol–water partition coefficient (Wildman–Crippen LogP) is 4.78. The van der Waals surface area contributed by atoms with E-state index < -0.39 is 0 Å². The molecule has 0 atom stereocenters. The van der Waals surface area contributed by atoms with Crippen molar-refractivity contribution in [3.8, 4) is 22.6 Å². The summed E-state index contributed by atoms with van der Waals surface area (Å²) in [4.78, 5) is 15.9. The number of ether oxygens (including phenoxy) is 1. The number of hydroxylamine groups is 1. The number of nitrogens with one attached hydrogen (secondary N) is 2. The largest absolute Gasteiger partial charge is 0.490 e. The van der Waals surface area contributed by atoms with Crippen molar-refractivity contribution in [2.24, 2.45) is 0 Å². The Hall–Kier alpha value is -2.84. The minimum absolute atomic E-state index is 0.139. The molecule has 4 aromatic rings. The highest BCUT2D eigenvalue weighted by Crippen LogP contribution is 2.40. The predicted molar refractivity (Wildman–Crippen MR) is 136 cm³/mol. The average Bonchev–Trinajstić information content (AvgIpc) is 3.61. The van der Waals surface area contributed by atoms with Crippen LogP contribution in [0.3, 0.4) is 0 Å². The molecule has 1 saturated carbocycles. The third-order valence-corrected chi connectivity index (χ3v) is 6.34. The van der Waals surface area contributed by atoms with Crippen molar-refractivity contribution in [2.45, 2.75) is 25.8 Å². The van der Waals surface area contributed by atoms with E-state index in [0.29, 0.717) is 24.2 Å². The zero-order valence-corrected chi connectivity index (χ0v) is 19.9. The normalized spacial score (nSPS) is 13.8. The summed E-state index contributed by atoms with van der Waals surface area (Å²) in [6.45, 7) is 4.96. The molecule has 8 heteroatoms. The van der Waals surface area contributed by atoms with E-state index in [4.69, 9.17) is 21.2 Å². The van der Waals surface area contributed by atoms with Crippen LogP contribution in [-0.4, -0.2) is 58.9 Å². The van der Waals surface area contributed by atoms with Gasteiger partial charge in [0.2, 0.25) is 0 Å². The molecule has 0 radical (unpaired) electrons. The first kappa shape index (κ1) is 22.9. The summed E-state index contributed by atoms with van der Waals surface area (Å²) >= 11 is 6.32. The fraction of sp³-hybridized carbons (Fsp3) is 0.346. The molecular formula is C26H29ClN4O3. The van der Waals surface area contributed by atoms with Gasteiger partial charge in [0.05, 0.1) is 17.1 Å². The van der Waals surface area contributed by atoms with Gasteiger partial charge in [-0.15, -0.1) is 0 Å². The Morgan fingerprint density at radius 3 is 2.88 bits per heavy atom. The van der Waals surface area contributed by atoms with E-state index in [0.717, 1.165) is 70.5 Å². The van der Waals surface area contributed by atoms with Gasteiger partial charge in [0.15, 0.2) is 0 Å². The number of H-pyrrole nitrogens is 1. The Kier molecular flexibility index (Phi) is 6.87. The van der Waals surface area contributed by atoms with Crippen LogP contribution in [0.4, 0.5) is 0 Å². The molecule has 0 amide bonds. The lowest BCUT2D eigenvalue weighted by molar-refractivity contribution is 0.174. The van der Waals surface area contributed by atoms with E-state index in [1.54, 1.807) is 6.20 Å². The lowest BCUT2D eigenvalue weighted by atomic mass is 9.99. The zero-order valence-electron chi connectivity index (χ0n) is 19.2. The van der Waals surface area contributed by atoms with Crippen molar-refractivity contribution in [1.29, 1.82) is 0 Å². The molecule has 3 N–H and O–H groups in total. The van der Waals surface area contributed by atoms with Gasteiger partial charge in [-0.1, -0.05) is 30.7 Å². The summed E-state index contributed by atoms with van der Waals surface area (Å²) in [6, 6.07) is 14.5. The molecule has 1 aliphatic carbocycles. The van der Waals surface area contributed by atoms with Crippen LogP contribution in [0.2, 0.25) is 5.02 Å². The van der Waals surface area contributed by atoms with E-state index in [2.05, 4.69) is 39.4 Å². The number of pyridine rings is 1. The Bertz CT molecular complexity index is 1290. The Labute approximate surface area is 203 Å². The van der Waals surface area contributed by atoms with Crippen molar-refractivity contribution >= 4 is 33.5 Å². The molecule has 2 aromatic heterocycles. The number of fused-ring (bicyclic) bond motifs is 3. The second-order valence-electron chi connectivity index (χ2n) is 8.56. The van der Waals surface area contributed by atoms with Crippen LogP contribution in [0, 0.1) is 0 Å². The van der Waals surface area contributed by atoms with Crippen molar-refractivity contribution in [1.82, 2.24) is 20.3 Å². The van der Waals surface area contributed by atoms with Gasteiger partial charge in [0.1, 0.15) is 23.8 Å². The average molecular weight is 481 g/mol. The maximum absolute atomic E-state index is 9.23. The van der Waals surface area contributed by atoms with Crippen LogP contribution in [-0.2, 0) is 0 Å². The number of nitrogens with zero attached hydrogens (tertiary/aromatic N) is 2. The van der Waals surface area contributed by atoms with Crippen molar-refractivity contribution < 1.29 is 14.7 Å². The standard InChI is InChI=1S/C26H29ClN4O3/c1-2-31(10-12-32)11-13-33-23-9-8-21(17-4-3-5-20(14-17)34-30-19-6-7-19)24-22-15-18(27)16-28-26(22)29-25(23)24/h3-5,8-9,14-16,19,30,32H,2,6-7,10-13H2,1H3,(H,28,29). The van der Waals surface area contributed by atoms with E-state index in [9.17, 15) is 5.11 Å². The van der Waals surface area contributed by atoms with E-state index in [-0.39, 0.29) is 6.61 Å². The maximum Gasteiger partial charge on any atom is 0.147 e. The zero-order chi connectivity index (χ0) is 23.5. The van der Waals surface area contributed by atoms with Gasteiger partial charge in [0.25, 0.3) is 0 Å². The molecule has 178 valence electrons. The minimum atomic E-state index is 0.139. The van der Waals surface area contributed by atoms with Crippen LogP contribution in [0.15, 0.2) is 48.7 Å². The fourth-order valence-corrected chi connectivity index (χ4v) is 4.29. The summed E-state index contributed by atoms with van der Waals surface area (Å²) in [5.74, 6) is 1.54. The van der Waals surface area contributed by atoms with Crippen LogP contribution in [0.25, 0.3) is 33.1 Å². The van der Waals surface area contributed by atoms with Gasteiger partial charge in [-0.3, -0.25) is 4.90 Å². The molecule has 5 rings (SSSR count). The van der Waals surface area contributed by atoms with Crippen LogP contribution < -0.4 is 15.1 Å². The molecule has 0 unspecified atom stereocenters. The van der Waals surface area contributed by atoms with Gasteiger partial charge >= 0.3 is 0 Å². The number of benzene rings is 2. The molecule has 0 aliphatic heterocycles. The lowest BCUT2D eigenvalue weighted by Crippen LogP contribution is -2.30. The maximum atomic E-state index is 9.23. The van der Waals surface area contributed by atoms with E-state index >= 15 is 0 Å². The number of halogens is 1. The first-order valence-corrected chi connectivity index (χ1v) is 12.1. The number of hydrogen-bond acceptors (Lipinski definition) is 6. The molecule has 0 spiro atoms. The molecule has 1 aliphatic rings. The lowest BCUT2D eigenvalue weighted by Gasteiger charge is -2.19. The molecule has 0 saturated heterocycles. The monoisotopic (exact) mass is 480 g/mol. The quantitative estimate of drug-likeness (QED) is 0.268. The van der Waals surface area contributed by atoms with Crippen molar-refractivity contribution in [3.05, 3.63) is 53.7 Å². The Morgan fingerprint density at radius 1 is 1.21 bits per heavy atom. The Balaban J connectivity index is 1.51. The summed E-state index contributed by atoms with van der Waals surface area (Å²) in [7, 11) is 0. The highest BCUT2D eigenvalue weighted by atomic mass is 35.5. The van der Waals surface area contributed by atoms with Crippen molar-refractivity contribution in [2.75, 3.05) is 32.8 Å². The molecule has 2 heterocycles. The third kappa shape index (κ3) is 4.98. The molecule has 34 heavy (non-hydrogen) atoms. The third-order valence-electron chi connectivity index (χ3n) is 6.13. The number of aliphatic hydroxyl groups excluding tert-OH is 1. The molecule has 1 fully saturated rings. The number of aromatic amines is 1. The molecule has 0 bridgehead atoms. The van der Waals surface area contributed by atoms with Gasteiger partial charge < -0.3 is 19.7 Å². The van der Waals surface area contributed by atoms with E-state index in [1.165, 1.54) is 0 Å². The second kappa shape index (κ2) is 10.2. The number of hydrogen-bond donors (Lipinski definition) is 3. The van der Waals surface area contributed by atoms with E-state index in [1.807, 2.05) is 30.3 Å². The molecule has 2 aromatic carbocycles. The van der Waals surface area contributed by atoms with Crippen LogP contribution in [0.1, 0.15) is 19.8 Å². The van der Waals surface area contributed by atoms with Gasteiger partial charge in [0, 0.05) is 36.1 Å². The summed E-state index contributed by atoms with van der Waals surface area (Å²) in [6.07, 6.45) is 3.95. The number of likely N-dealkylation sites (N-methyl/N-ethyl adjacent to an activating group) is 1. The summed E-state index contributed by atoms with van der Waals surface area (Å²) in [5, 5.41) is 11.8. The number of aliphatic hydroxyl groups is 1. The topological polar surface area (TPSA) is 82.6 Å². The van der Waals surface area contributed by atoms with Crippen LogP contribution in [0.5, 0.6) is 11.5 Å². The molecular weight excluding hydrogens is 452 g/mol. The first-order chi connectivity index (χ1) is 16.7. The number of aromatic nitrogens is 2. The highest BCUT2D eigenvalue weighted by molar-refractivity contribution is 6.31. The van der Waals surface area contributed by atoms with Gasteiger partial charge in [-0.05, 0) is 60.8 Å².